The van der Waals surface area contributed by atoms with Crippen LogP contribution in [0.4, 0.5) is 4.39 Å². The van der Waals surface area contributed by atoms with Gasteiger partial charge in [0.2, 0.25) is 5.95 Å². The molecule has 0 spiro atoms. The third-order valence-corrected chi connectivity index (χ3v) is 5.24. The van der Waals surface area contributed by atoms with Crippen LogP contribution < -0.4 is 5.32 Å². The Labute approximate surface area is 156 Å². The minimum atomic E-state index is -0.662. The predicted octanol–water partition coefficient (Wildman–Crippen LogP) is 1.22. The molecule has 142 valence electrons. The molecule has 8 heteroatoms. The molecule has 2 aromatic heterocycles. The van der Waals surface area contributed by atoms with Crippen LogP contribution >= 0.6 is 0 Å². The summed E-state index contributed by atoms with van der Waals surface area (Å²) in [7, 11) is 1.83. The van der Waals surface area contributed by atoms with Gasteiger partial charge in [-0.1, -0.05) is 0 Å². The van der Waals surface area contributed by atoms with E-state index in [1.54, 1.807) is 15.5 Å². The van der Waals surface area contributed by atoms with Crippen molar-refractivity contribution in [2.45, 2.75) is 18.6 Å². The van der Waals surface area contributed by atoms with Crippen molar-refractivity contribution < 1.29 is 18.7 Å². The number of nitrogens with one attached hydrogen (secondary N) is 1. The SMILES string of the molecule is Cn1cccc1C(=O)NC[C@H]1C[C@@H]2CN(C(=O)c3ccnc(F)c3)C[C@@H]2O1. The van der Waals surface area contributed by atoms with Crippen molar-refractivity contribution in [3.8, 4) is 0 Å². The zero-order valence-corrected chi connectivity index (χ0v) is 15.0. The lowest BCUT2D eigenvalue weighted by molar-refractivity contribution is 0.0357. The normalized spacial score (nSPS) is 24.1. The van der Waals surface area contributed by atoms with Crippen molar-refractivity contribution in [2.24, 2.45) is 13.0 Å². The number of carbonyl (C=O) groups excluding carboxylic acids is 2. The van der Waals surface area contributed by atoms with Crippen molar-refractivity contribution in [1.82, 2.24) is 19.8 Å². The minimum Gasteiger partial charge on any atom is -0.371 e. The number of rotatable bonds is 4. The van der Waals surface area contributed by atoms with Gasteiger partial charge in [-0.2, -0.15) is 4.39 Å². The highest BCUT2D eigenvalue weighted by Crippen LogP contribution is 2.33. The van der Waals surface area contributed by atoms with Crippen molar-refractivity contribution in [3.05, 3.63) is 53.9 Å². The number of pyridine rings is 1. The molecule has 3 atom stereocenters. The highest BCUT2D eigenvalue weighted by Gasteiger charge is 2.43. The van der Waals surface area contributed by atoms with E-state index in [0.717, 1.165) is 12.5 Å². The molecule has 2 fully saturated rings. The van der Waals surface area contributed by atoms with E-state index < -0.39 is 5.95 Å². The smallest absolute Gasteiger partial charge is 0.267 e. The summed E-state index contributed by atoms with van der Waals surface area (Å²) < 4.78 is 21.0. The first-order valence-electron chi connectivity index (χ1n) is 8.97. The summed E-state index contributed by atoms with van der Waals surface area (Å²) in [6, 6.07) is 6.26. The number of likely N-dealkylation sites (tertiary alicyclic amines) is 1. The Balaban J connectivity index is 1.29. The van der Waals surface area contributed by atoms with Crippen LogP contribution in [-0.2, 0) is 11.8 Å². The molecular formula is C19H21FN4O3. The monoisotopic (exact) mass is 372 g/mol. The number of amides is 2. The van der Waals surface area contributed by atoms with Crippen LogP contribution in [0.15, 0.2) is 36.7 Å². The summed E-state index contributed by atoms with van der Waals surface area (Å²) in [6.07, 6.45) is 3.80. The van der Waals surface area contributed by atoms with Gasteiger partial charge in [0.05, 0.1) is 12.2 Å². The van der Waals surface area contributed by atoms with Gasteiger partial charge in [0, 0.05) is 56.6 Å². The van der Waals surface area contributed by atoms with Gasteiger partial charge < -0.3 is 19.5 Å². The van der Waals surface area contributed by atoms with Crippen molar-refractivity contribution in [3.63, 3.8) is 0 Å². The molecule has 0 radical (unpaired) electrons. The van der Waals surface area contributed by atoms with E-state index in [4.69, 9.17) is 4.74 Å². The lowest BCUT2D eigenvalue weighted by atomic mass is 10.0. The number of hydrogen-bond donors (Lipinski definition) is 1. The van der Waals surface area contributed by atoms with Crippen LogP contribution in [0, 0.1) is 11.9 Å². The van der Waals surface area contributed by atoms with Crippen LogP contribution in [0.2, 0.25) is 0 Å². The van der Waals surface area contributed by atoms with Gasteiger partial charge in [-0.3, -0.25) is 9.59 Å². The highest BCUT2D eigenvalue weighted by molar-refractivity contribution is 5.94. The quantitative estimate of drug-likeness (QED) is 0.819. The number of aromatic nitrogens is 2. The number of nitrogens with zero attached hydrogens (tertiary/aromatic N) is 3. The van der Waals surface area contributed by atoms with E-state index in [-0.39, 0.29) is 29.9 Å². The fourth-order valence-corrected chi connectivity index (χ4v) is 3.87. The first-order chi connectivity index (χ1) is 13.0. The number of aryl methyl sites for hydroxylation is 1. The molecule has 0 aliphatic carbocycles. The molecule has 2 saturated heterocycles. The highest BCUT2D eigenvalue weighted by atomic mass is 19.1. The van der Waals surface area contributed by atoms with Gasteiger partial charge in [0.1, 0.15) is 5.69 Å². The van der Waals surface area contributed by atoms with E-state index in [9.17, 15) is 14.0 Å². The number of carbonyl (C=O) groups is 2. The first kappa shape index (κ1) is 17.7. The summed E-state index contributed by atoms with van der Waals surface area (Å²) in [5.74, 6) is -0.759. The van der Waals surface area contributed by atoms with Gasteiger partial charge in [-0.05, 0) is 24.6 Å². The molecule has 0 bridgehead atoms. The largest absolute Gasteiger partial charge is 0.371 e. The predicted molar refractivity (Wildman–Crippen MR) is 94.6 cm³/mol. The molecule has 1 N–H and O–H groups in total. The van der Waals surface area contributed by atoms with E-state index in [1.807, 2.05) is 19.3 Å². The van der Waals surface area contributed by atoms with Gasteiger partial charge in [0.15, 0.2) is 0 Å². The van der Waals surface area contributed by atoms with Gasteiger partial charge in [-0.15, -0.1) is 0 Å². The van der Waals surface area contributed by atoms with Gasteiger partial charge >= 0.3 is 0 Å². The minimum absolute atomic E-state index is 0.0439. The summed E-state index contributed by atoms with van der Waals surface area (Å²) in [5, 5.41) is 2.91. The van der Waals surface area contributed by atoms with Crippen LogP contribution in [0.5, 0.6) is 0 Å². The summed E-state index contributed by atoms with van der Waals surface area (Å²) in [5.41, 5.74) is 0.906. The van der Waals surface area contributed by atoms with Crippen molar-refractivity contribution >= 4 is 11.8 Å². The molecule has 7 nitrogen and oxygen atoms in total. The summed E-state index contributed by atoms with van der Waals surface area (Å²) in [4.78, 5) is 29.9. The first-order valence-corrected chi connectivity index (χ1v) is 8.97. The average molecular weight is 372 g/mol. The summed E-state index contributed by atoms with van der Waals surface area (Å²) in [6.45, 7) is 1.51. The Hall–Kier alpha value is -2.74. The Morgan fingerprint density at radius 2 is 2.22 bits per heavy atom. The second-order valence-electron chi connectivity index (χ2n) is 7.08. The fourth-order valence-electron chi connectivity index (χ4n) is 3.87. The van der Waals surface area contributed by atoms with Gasteiger partial charge in [-0.25, -0.2) is 4.98 Å². The van der Waals surface area contributed by atoms with Gasteiger partial charge in [0.25, 0.3) is 11.8 Å². The molecule has 2 amide bonds. The second kappa shape index (κ2) is 7.11. The third-order valence-electron chi connectivity index (χ3n) is 5.24. The number of halogens is 1. The molecular weight excluding hydrogens is 351 g/mol. The lowest BCUT2D eigenvalue weighted by Gasteiger charge is -2.20. The molecule has 2 aliphatic rings. The lowest BCUT2D eigenvalue weighted by Crippen LogP contribution is -2.35. The van der Waals surface area contributed by atoms with Crippen LogP contribution in [0.3, 0.4) is 0 Å². The Morgan fingerprint density at radius 1 is 1.37 bits per heavy atom. The molecule has 4 heterocycles. The maximum absolute atomic E-state index is 13.2. The standard InChI is InChI=1S/C19H21FN4O3/c1-23-6-2-3-15(23)18(25)22-9-14-7-13-10-24(11-16(13)27-14)19(26)12-4-5-21-17(20)8-12/h2-6,8,13-14,16H,7,9-11H2,1H3,(H,22,25)/t13-,14-,16+/m1/s1. The van der Waals surface area contributed by atoms with E-state index >= 15 is 0 Å². The molecule has 0 aromatic carbocycles. The topological polar surface area (TPSA) is 76.5 Å². The van der Waals surface area contributed by atoms with Crippen molar-refractivity contribution in [2.75, 3.05) is 19.6 Å². The van der Waals surface area contributed by atoms with Crippen molar-refractivity contribution in [1.29, 1.82) is 0 Å². The molecule has 27 heavy (non-hydrogen) atoms. The molecule has 0 saturated carbocycles. The molecule has 0 unspecified atom stereocenters. The van der Waals surface area contributed by atoms with E-state index in [2.05, 4.69) is 10.3 Å². The van der Waals surface area contributed by atoms with E-state index in [0.29, 0.717) is 30.9 Å². The van der Waals surface area contributed by atoms with E-state index in [1.165, 1.54) is 12.3 Å². The average Bonchev–Trinajstić information content (AvgIpc) is 3.33. The Morgan fingerprint density at radius 3 is 2.93 bits per heavy atom. The Kier molecular flexibility index (Phi) is 4.65. The number of ether oxygens (including phenoxy) is 1. The number of fused-ring (bicyclic) bond motifs is 1. The fraction of sp³-hybridized carbons (Fsp3) is 0.421. The van der Waals surface area contributed by atoms with Crippen LogP contribution in [0.1, 0.15) is 27.3 Å². The molecule has 4 rings (SSSR count). The maximum Gasteiger partial charge on any atom is 0.267 e. The molecule has 2 aliphatic heterocycles. The zero-order chi connectivity index (χ0) is 19.0. The second-order valence-corrected chi connectivity index (χ2v) is 7.08. The number of hydrogen-bond acceptors (Lipinski definition) is 4. The zero-order valence-electron chi connectivity index (χ0n) is 15.0. The third kappa shape index (κ3) is 3.57. The Bertz CT molecular complexity index is 854. The van der Waals surface area contributed by atoms with Crippen LogP contribution in [-0.4, -0.2) is 58.1 Å². The molecule has 2 aromatic rings. The summed E-state index contributed by atoms with van der Waals surface area (Å²) >= 11 is 0. The maximum atomic E-state index is 13.2. The van der Waals surface area contributed by atoms with Crippen LogP contribution in [0.25, 0.3) is 0 Å².